The summed E-state index contributed by atoms with van der Waals surface area (Å²) < 4.78 is 5.32. The number of methoxy groups -OCH3 is 1. The van der Waals surface area contributed by atoms with Gasteiger partial charge in [0.05, 0.1) is 7.11 Å². The lowest BCUT2D eigenvalue weighted by Gasteiger charge is -2.09. The SMILES string of the molecule is COc1ccccc1CCNCCC(=O)NCc1ccccc1Cl. The number of hydrogen-bond donors (Lipinski definition) is 2. The lowest BCUT2D eigenvalue weighted by Crippen LogP contribution is -2.28. The molecule has 0 bridgehead atoms. The van der Waals surface area contributed by atoms with Gasteiger partial charge in [0.25, 0.3) is 0 Å². The van der Waals surface area contributed by atoms with E-state index in [2.05, 4.69) is 16.7 Å². The van der Waals surface area contributed by atoms with E-state index in [4.69, 9.17) is 16.3 Å². The maximum absolute atomic E-state index is 11.8. The summed E-state index contributed by atoms with van der Waals surface area (Å²) in [5.41, 5.74) is 2.09. The van der Waals surface area contributed by atoms with E-state index in [1.807, 2.05) is 42.5 Å². The van der Waals surface area contributed by atoms with Crippen molar-refractivity contribution >= 4 is 17.5 Å². The van der Waals surface area contributed by atoms with Gasteiger partial charge in [0.1, 0.15) is 5.75 Å². The number of halogens is 1. The number of nitrogens with one attached hydrogen (secondary N) is 2. The van der Waals surface area contributed by atoms with E-state index in [1.54, 1.807) is 7.11 Å². The van der Waals surface area contributed by atoms with E-state index < -0.39 is 0 Å². The van der Waals surface area contributed by atoms with Crippen molar-refractivity contribution in [3.63, 3.8) is 0 Å². The fraction of sp³-hybridized carbons (Fsp3) is 0.316. The van der Waals surface area contributed by atoms with Crippen LogP contribution in [0.5, 0.6) is 5.75 Å². The minimum Gasteiger partial charge on any atom is -0.496 e. The zero-order chi connectivity index (χ0) is 17.2. The summed E-state index contributed by atoms with van der Waals surface area (Å²) in [5.74, 6) is 0.913. The fourth-order valence-electron chi connectivity index (χ4n) is 2.38. The second-order valence-corrected chi connectivity index (χ2v) is 5.84. The van der Waals surface area contributed by atoms with E-state index in [0.717, 1.165) is 29.8 Å². The fourth-order valence-corrected chi connectivity index (χ4v) is 2.59. The Hall–Kier alpha value is -2.04. The Bertz CT molecular complexity index is 661. The van der Waals surface area contributed by atoms with Gasteiger partial charge < -0.3 is 15.4 Å². The number of carbonyl (C=O) groups excluding carboxylic acids is 1. The van der Waals surface area contributed by atoms with Crippen LogP contribution in [-0.4, -0.2) is 26.1 Å². The van der Waals surface area contributed by atoms with Gasteiger partial charge in [-0.05, 0) is 36.2 Å². The minimum absolute atomic E-state index is 0.0136. The van der Waals surface area contributed by atoms with Crippen LogP contribution in [0, 0.1) is 0 Å². The number of para-hydroxylation sites is 1. The zero-order valence-corrected chi connectivity index (χ0v) is 14.6. The van der Waals surface area contributed by atoms with Crippen LogP contribution < -0.4 is 15.4 Å². The van der Waals surface area contributed by atoms with Gasteiger partial charge in [-0.2, -0.15) is 0 Å². The van der Waals surface area contributed by atoms with Gasteiger partial charge in [0, 0.05) is 24.5 Å². The quantitative estimate of drug-likeness (QED) is 0.686. The smallest absolute Gasteiger partial charge is 0.221 e. The molecule has 24 heavy (non-hydrogen) atoms. The molecule has 2 aromatic carbocycles. The maximum atomic E-state index is 11.8. The Kier molecular flexibility index (Phi) is 7.59. The molecule has 2 aromatic rings. The van der Waals surface area contributed by atoms with Gasteiger partial charge in [-0.25, -0.2) is 0 Å². The summed E-state index contributed by atoms with van der Waals surface area (Å²) >= 11 is 6.06. The Morgan fingerprint density at radius 3 is 2.50 bits per heavy atom. The Balaban J connectivity index is 1.62. The summed E-state index contributed by atoms with van der Waals surface area (Å²) in [6.07, 6.45) is 1.31. The van der Waals surface area contributed by atoms with Crippen LogP contribution in [0.2, 0.25) is 5.02 Å². The molecule has 0 radical (unpaired) electrons. The van der Waals surface area contributed by atoms with Crippen LogP contribution in [0.25, 0.3) is 0 Å². The van der Waals surface area contributed by atoms with Crippen LogP contribution in [0.4, 0.5) is 0 Å². The average molecular weight is 347 g/mol. The highest BCUT2D eigenvalue weighted by molar-refractivity contribution is 6.31. The number of hydrogen-bond acceptors (Lipinski definition) is 3. The van der Waals surface area contributed by atoms with Crippen molar-refractivity contribution < 1.29 is 9.53 Å². The molecule has 0 aliphatic carbocycles. The van der Waals surface area contributed by atoms with Gasteiger partial charge >= 0.3 is 0 Å². The summed E-state index contributed by atoms with van der Waals surface area (Å²) in [5, 5.41) is 6.84. The third kappa shape index (κ3) is 5.87. The Labute approximate surface area is 148 Å². The predicted molar refractivity (Wildman–Crippen MR) is 97.5 cm³/mol. The number of benzene rings is 2. The van der Waals surface area contributed by atoms with Crippen molar-refractivity contribution in [2.24, 2.45) is 0 Å². The van der Waals surface area contributed by atoms with E-state index in [1.165, 1.54) is 0 Å². The van der Waals surface area contributed by atoms with E-state index >= 15 is 0 Å². The van der Waals surface area contributed by atoms with Crippen LogP contribution in [0.3, 0.4) is 0 Å². The predicted octanol–water partition coefficient (Wildman–Crippen LogP) is 3.19. The molecule has 0 heterocycles. The molecule has 4 nitrogen and oxygen atoms in total. The Morgan fingerprint density at radius 2 is 1.75 bits per heavy atom. The minimum atomic E-state index is 0.0136. The molecule has 2 N–H and O–H groups in total. The molecule has 1 amide bonds. The molecule has 0 aliphatic rings. The van der Waals surface area contributed by atoms with Crippen molar-refractivity contribution in [2.45, 2.75) is 19.4 Å². The number of ether oxygens (including phenoxy) is 1. The van der Waals surface area contributed by atoms with Gasteiger partial charge in [-0.3, -0.25) is 4.79 Å². The second kappa shape index (κ2) is 9.96. The van der Waals surface area contributed by atoms with E-state index in [9.17, 15) is 4.79 Å². The topological polar surface area (TPSA) is 50.4 Å². The average Bonchev–Trinajstić information content (AvgIpc) is 2.61. The van der Waals surface area contributed by atoms with Crippen molar-refractivity contribution in [1.29, 1.82) is 0 Å². The van der Waals surface area contributed by atoms with Crippen LogP contribution >= 0.6 is 11.6 Å². The zero-order valence-electron chi connectivity index (χ0n) is 13.8. The van der Waals surface area contributed by atoms with Crippen molar-refractivity contribution in [3.8, 4) is 5.75 Å². The summed E-state index contributed by atoms with van der Waals surface area (Å²) in [4.78, 5) is 11.8. The molecule has 0 aromatic heterocycles. The molecule has 0 atom stereocenters. The van der Waals surface area contributed by atoms with E-state index in [0.29, 0.717) is 24.5 Å². The highest BCUT2D eigenvalue weighted by Crippen LogP contribution is 2.17. The third-order valence-corrected chi connectivity index (χ3v) is 4.10. The highest BCUT2D eigenvalue weighted by Gasteiger charge is 2.04. The normalized spacial score (nSPS) is 10.4. The van der Waals surface area contributed by atoms with Crippen molar-refractivity contribution in [2.75, 3.05) is 20.2 Å². The van der Waals surface area contributed by atoms with Crippen molar-refractivity contribution in [1.82, 2.24) is 10.6 Å². The molecular formula is C19H23ClN2O2. The standard InChI is InChI=1S/C19H23ClN2O2/c1-24-18-9-5-3-6-15(18)10-12-21-13-11-19(23)22-14-16-7-2-4-8-17(16)20/h2-9,21H,10-14H2,1H3,(H,22,23). The molecule has 0 saturated carbocycles. The summed E-state index contributed by atoms with van der Waals surface area (Å²) in [6, 6.07) is 15.5. The maximum Gasteiger partial charge on any atom is 0.221 e. The third-order valence-electron chi connectivity index (χ3n) is 3.73. The second-order valence-electron chi connectivity index (χ2n) is 5.43. The highest BCUT2D eigenvalue weighted by atomic mass is 35.5. The van der Waals surface area contributed by atoms with Gasteiger partial charge in [-0.1, -0.05) is 48.0 Å². The molecule has 0 aliphatic heterocycles. The first-order chi connectivity index (χ1) is 11.7. The van der Waals surface area contributed by atoms with Gasteiger partial charge in [-0.15, -0.1) is 0 Å². The van der Waals surface area contributed by atoms with Gasteiger partial charge in [0.15, 0.2) is 0 Å². The molecule has 2 rings (SSSR count). The van der Waals surface area contributed by atoms with Gasteiger partial charge in [0.2, 0.25) is 5.91 Å². The molecule has 0 spiro atoms. The lowest BCUT2D eigenvalue weighted by atomic mass is 10.1. The monoisotopic (exact) mass is 346 g/mol. The summed E-state index contributed by atoms with van der Waals surface area (Å²) in [7, 11) is 1.68. The molecule has 128 valence electrons. The number of amides is 1. The number of rotatable bonds is 9. The first-order valence-corrected chi connectivity index (χ1v) is 8.41. The van der Waals surface area contributed by atoms with Crippen molar-refractivity contribution in [3.05, 3.63) is 64.7 Å². The molecule has 5 heteroatoms. The van der Waals surface area contributed by atoms with Crippen LogP contribution in [0.1, 0.15) is 17.5 Å². The first kappa shape index (κ1) is 18.3. The summed E-state index contributed by atoms with van der Waals surface area (Å²) in [6.45, 7) is 1.90. The molecule has 0 fully saturated rings. The first-order valence-electron chi connectivity index (χ1n) is 8.03. The molecular weight excluding hydrogens is 324 g/mol. The van der Waals surface area contributed by atoms with Crippen LogP contribution in [0.15, 0.2) is 48.5 Å². The molecule has 0 unspecified atom stereocenters. The van der Waals surface area contributed by atoms with Crippen LogP contribution in [-0.2, 0) is 17.8 Å². The lowest BCUT2D eigenvalue weighted by molar-refractivity contribution is -0.121. The van der Waals surface area contributed by atoms with E-state index in [-0.39, 0.29) is 5.91 Å². The number of carbonyl (C=O) groups is 1. The largest absolute Gasteiger partial charge is 0.496 e. The molecule has 0 saturated heterocycles. The Morgan fingerprint density at radius 1 is 1.04 bits per heavy atom.